The van der Waals surface area contributed by atoms with Crippen molar-refractivity contribution in [3.63, 3.8) is 0 Å². The first-order valence-corrected chi connectivity index (χ1v) is 8.12. The highest BCUT2D eigenvalue weighted by molar-refractivity contribution is 9.10. The van der Waals surface area contributed by atoms with Gasteiger partial charge in [0, 0.05) is 15.4 Å². The van der Waals surface area contributed by atoms with Crippen LogP contribution in [0.15, 0.2) is 46.9 Å². The molecule has 0 saturated heterocycles. The van der Waals surface area contributed by atoms with Gasteiger partial charge in [-0.3, -0.25) is 4.79 Å². The van der Waals surface area contributed by atoms with E-state index in [1.165, 1.54) is 12.1 Å². The fourth-order valence-electron chi connectivity index (χ4n) is 2.13. The molecule has 120 valence electrons. The summed E-state index contributed by atoms with van der Waals surface area (Å²) < 4.78 is 0.977. The third-order valence-corrected chi connectivity index (χ3v) is 4.14. The van der Waals surface area contributed by atoms with Crippen molar-refractivity contribution in [2.24, 2.45) is 5.92 Å². The van der Waals surface area contributed by atoms with Crippen LogP contribution in [0.1, 0.15) is 22.8 Å². The molecule has 0 saturated carbocycles. The van der Waals surface area contributed by atoms with Gasteiger partial charge in [-0.15, -0.1) is 0 Å². The van der Waals surface area contributed by atoms with Gasteiger partial charge in [0.05, 0.1) is 11.3 Å². The van der Waals surface area contributed by atoms with Gasteiger partial charge in [0.25, 0.3) is 0 Å². The molecule has 0 heterocycles. The highest BCUT2D eigenvalue weighted by Crippen LogP contribution is 2.22. The standard InChI is InChI=1S/C17H15BrClNO3/c1-10(8-11-2-4-12(18)5-3-11)16(21)20-15-7-6-13(19)9-14(15)17(22)23/h2-7,9-10H,8H2,1H3,(H,20,21)(H,22,23). The van der Waals surface area contributed by atoms with Crippen LogP contribution in [-0.4, -0.2) is 17.0 Å². The lowest BCUT2D eigenvalue weighted by atomic mass is 10.00. The third-order valence-electron chi connectivity index (χ3n) is 3.37. The van der Waals surface area contributed by atoms with Crippen LogP contribution >= 0.6 is 27.5 Å². The van der Waals surface area contributed by atoms with E-state index >= 15 is 0 Å². The first-order valence-electron chi connectivity index (χ1n) is 6.95. The molecule has 0 fully saturated rings. The molecule has 2 aromatic carbocycles. The van der Waals surface area contributed by atoms with E-state index in [-0.39, 0.29) is 23.1 Å². The van der Waals surface area contributed by atoms with Gasteiger partial charge < -0.3 is 10.4 Å². The average molecular weight is 397 g/mol. The molecule has 2 aromatic rings. The van der Waals surface area contributed by atoms with Crippen LogP contribution in [0.5, 0.6) is 0 Å². The van der Waals surface area contributed by atoms with E-state index in [0.29, 0.717) is 11.4 Å². The Bertz CT molecular complexity index is 731. The molecule has 1 unspecified atom stereocenters. The number of carboxylic acids is 1. The molecular formula is C17H15BrClNO3. The molecule has 0 bridgehead atoms. The summed E-state index contributed by atoms with van der Waals surface area (Å²) in [6, 6.07) is 12.1. The van der Waals surface area contributed by atoms with E-state index in [1.807, 2.05) is 24.3 Å². The van der Waals surface area contributed by atoms with E-state index in [0.717, 1.165) is 10.0 Å². The maximum absolute atomic E-state index is 12.3. The number of nitrogens with one attached hydrogen (secondary N) is 1. The van der Waals surface area contributed by atoms with Crippen LogP contribution in [-0.2, 0) is 11.2 Å². The number of hydrogen-bond acceptors (Lipinski definition) is 2. The van der Waals surface area contributed by atoms with Gasteiger partial charge in [-0.1, -0.05) is 46.6 Å². The lowest BCUT2D eigenvalue weighted by molar-refractivity contribution is -0.119. The second-order valence-corrected chi connectivity index (χ2v) is 6.57. The number of amides is 1. The number of anilines is 1. The minimum Gasteiger partial charge on any atom is -0.478 e. The number of hydrogen-bond donors (Lipinski definition) is 2. The number of benzene rings is 2. The van der Waals surface area contributed by atoms with Gasteiger partial charge in [-0.2, -0.15) is 0 Å². The maximum Gasteiger partial charge on any atom is 0.337 e. The van der Waals surface area contributed by atoms with Crippen LogP contribution in [0.25, 0.3) is 0 Å². The molecular weight excluding hydrogens is 382 g/mol. The van der Waals surface area contributed by atoms with Gasteiger partial charge in [0.15, 0.2) is 0 Å². The summed E-state index contributed by atoms with van der Waals surface area (Å²) in [5.41, 5.74) is 1.25. The fourth-order valence-corrected chi connectivity index (χ4v) is 2.56. The molecule has 0 spiro atoms. The first kappa shape index (κ1) is 17.5. The van der Waals surface area contributed by atoms with Gasteiger partial charge in [0.1, 0.15) is 0 Å². The zero-order valence-corrected chi connectivity index (χ0v) is 14.7. The third kappa shape index (κ3) is 4.81. The lowest BCUT2D eigenvalue weighted by Crippen LogP contribution is -2.23. The maximum atomic E-state index is 12.3. The first-order chi connectivity index (χ1) is 10.9. The summed E-state index contributed by atoms with van der Waals surface area (Å²) in [5.74, 6) is -1.67. The average Bonchev–Trinajstić information content (AvgIpc) is 2.51. The Morgan fingerprint density at radius 2 is 1.87 bits per heavy atom. The van der Waals surface area contributed by atoms with Crippen LogP contribution < -0.4 is 5.32 Å². The number of carboxylic acid groups (broad SMARTS) is 1. The van der Waals surface area contributed by atoms with Crippen molar-refractivity contribution in [2.45, 2.75) is 13.3 Å². The van der Waals surface area contributed by atoms with Crippen molar-refractivity contribution in [2.75, 3.05) is 5.32 Å². The van der Waals surface area contributed by atoms with Gasteiger partial charge >= 0.3 is 5.97 Å². The summed E-state index contributed by atoms with van der Waals surface area (Å²) in [4.78, 5) is 23.5. The molecule has 2 N–H and O–H groups in total. The van der Waals surface area contributed by atoms with E-state index in [9.17, 15) is 14.7 Å². The molecule has 23 heavy (non-hydrogen) atoms. The number of aromatic carboxylic acids is 1. The second kappa shape index (κ2) is 7.62. The molecule has 0 aliphatic rings. The smallest absolute Gasteiger partial charge is 0.337 e. The summed E-state index contributed by atoms with van der Waals surface area (Å²) in [6.07, 6.45) is 0.565. The number of rotatable bonds is 5. The van der Waals surface area contributed by atoms with Crippen molar-refractivity contribution in [3.05, 3.63) is 63.1 Å². The van der Waals surface area contributed by atoms with Gasteiger partial charge in [0.2, 0.25) is 5.91 Å². The molecule has 0 radical (unpaired) electrons. The summed E-state index contributed by atoms with van der Waals surface area (Å²) >= 11 is 9.17. The fraction of sp³-hybridized carbons (Fsp3) is 0.176. The Labute approximate surface area is 147 Å². The predicted molar refractivity (Wildman–Crippen MR) is 94.1 cm³/mol. The van der Waals surface area contributed by atoms with Gasteiger partial charge in [-0.05, 0) is 42.3 Å². The Morgan fingerprint density at radius 3 is 2.48 bits per heavy atom. The van der Waals surface area contributed by atoms with E-state index in [2.05, 4.69) is 21.2 Å². The van der Waals surface area contributed by atoms with Gasteiger partial charge in [-0.25, -0.2) is 4.79 Å². The van der Waals surface area contributed by atoms with E-state index in [4.69, 9.17) is 11.6 Å². The second-order valence-electron chi connectivity index (χ2n) is 5.22. The summed E-state index contributed by atoms with van der Waals surface area (Å²) in [5, 5.41) is 12.2. The molecule has 2 rings (SSSR count). The minimum atomic E-state index is -1.14. The normalized spacial score (nSPS) is 11.8. The van der Waals surface area contributed by atoms with Crippen molar-refractivity contribution in [1.82, 2.24) is 0 Å². The minimum absolute atomic E-state index is 0.0262. The lowest BCUT2D eigenvalue weighted by Gasteiger charge is -2.14. The zero-order chi connectivity index (χ0) is 17.0. The quantitative estimate of drug-likeness (QED) is 0.775. The molecule has 6 heteroatoms. The van der Waals surface area contributed by atoms with Crippen molar-refractivity contribution in [3.8, 4) is 0 Å². The Hall–Kier alpha value is -1.85. The molecule has 0 aromatic heterocycles. The topological polar surface area (TPSA) is 66.4 Å². The zero-order valence-electron chi connectivity index (χ0n) is 12.3. The largest absolute Gasteiger partial charge is 0.478 e. The monoisotopic (exact) mass is 395 g/mol. The Morgan fingerprint density at radius 1 is 1.22 bits per heavy atom. The predicted octanol–water partition coefficient (Wildman–Crippen LogP) is 4.62. The SMILES string of the molecule is CC(Cc1ccc(Br)cc1)C(=O)Nc1ccc(Cl)cc1C(=O)O. The van der Waals surface area contributed by atoms with Crippen LogP contribution in [0.4, 0.5) is 5.69 Å². The number of halogens is 2. The van der Waals surface area contributed by atoms with E-state index < -0.39 is 5.97 Å². The molecule has 4 nitrogen and oxygen atoms in total. The van der Waals surface area contributed by atoms with Crippen LogP contribution in [0.2, 0.25) is 5.02 Å². The summed E-state index contributed by atoms with van der Waals surface area (Å²) in [6.45, 7) is 1.80. The van der Waals surface area contributed by atoms with Crippen molar-refractivity contribution in [1.29, 1.82) is 0 Å². The number of carbonyl (C=O) groups is 2. The molecule has 1 amide bonds. The number of carbonyl (C=O) groups excluding carboxylic acids is 1. The van der Waals surface area contributed by atoms with E-state index in [1.54, 1.807) is 13.0 Å². The molecule has 0 aliphatic carbocycles. The highest BCUT2D eigenvalue weighted by Gasteiger charge is 2.17. The van der Waals surface area contributed by atoms with Crippen molar-refractivity contribution < 1.29 is 14.7 Å². The highest BCUT2D eigenvalue weighted by atomic mass is 79.9. The molecule has 1 atom stereocenters. The van der Waals surface area contributed by atoms with Crippen molar-refractivity contribution >= 4 is 45.1 Å². The van der Waals surface area contributed by atoms with Crippen LogP contribution in [0, 0.1) is 5.92 Å². The summed E-state index contributed by atoms with van der Waals surface area (Å²) in [7, 11) is 0. The molecule has 0 aliphatic heterocycles. The Kier molecular flexibility index (Phi) is 5.80. The van der Waals surface area contributed by atoms with Crippen LogP contribution in [0.3, 0.4) is 0 Å². The Balaban J connectivity index is 2.09.